The Morgan fingerprint density at radius 1 is 1.06 bits per heavy atom. The quantitative estimate of drug-likeness (QED) is 0.577. The number of anilines is 2. The number of nitrogens with zero attached hydrogens (tertiary/aromatic N) is 3. The first-order valence-corrected chi connectivity index (χ1v) is 5.05. The molecule has 3 rings (SSSR count). The second-order valence-corrected chi connectivity index (χ2v) is 3.70. The fourth-order valence-corrected chi connectivity index (χ4v) is 1.72. The van der Waals surface area contributed by atoms with E-state index in [9.17, 15) is 0 Å². The van der Waals surface area contributed by atoms with Crippen LogP contribution in [0.15, 0.2) is 30.6 Å². The molecule has 3 aromatic rings. The molecule has 2 aromatic heterocycles. The summed E-state index contributed by atoms with van der Waals surface area (Å²) in [6, 6.07) is 5.68. The van der Waals surface area contributed by atoms with Gasteiger partial charge in [-0.25, -0.2) is 4.98 Å². The summed E-state index contributed by atoms with van der Waals surface area (Å²) in [6.45, 7) is 0. The molecule has 0 bridgehead atoms. The third-order valence-corrected chi connectivity index (χ3v) is 2.54. The zero-order valence-corrected chi connectivity index (χ0v) is 8.88. The summed E-state index contributed by atoms with van der Waals surface area (Å²) in [7, 11) is 0. The molecule has 1 aromatic carbocycles. The Bertz CT molecular complexity index is 687. The Morgan fingerprint density at radius 2 is 1.94 bits per heavy atom. The predicted molar refractivity (Wildman–Crippen MR) is 65.9 cm³/mol. The molecule has 0 aliphatic rings. The van der Waals surface area contributed by atoms with Crippen LogP contribution in [0, 0.1) is 0 Å². The number of aromatic nitrogens is 4. The number of nitrogens with one attached hydrogen (secondary N) is 1. The highest BCUT2D eigenvalue weighted by Gasteiger charge is 2.06. The van der Waals surface area contributed by atoms with Gasteiger partial charge in [-0.1, -0.05) is 6.07 Å². The van der Waals surface area contributed by atoms with Gasteiger partial charge in [0.1, 0.15) is 11.6 Å². The third kappa shape index (κ3) is 1.55. The van der Waals surface area contributed by atoms with Crippen molar-refractivity contribution in [3.8, 4) is 11.1 Å². The van der Waals surface area contributed by atoms with Gasteiger partial charge in [-0.15, -0.1) is 0 Å². The van der Waals surface area contributed by atoms with E-state index in [1.54, 1.807) is 6.20 Å². The summed E-state index contributed by atoms with van der Waals surface area (Å²) in [4.78, 5) is 8.40. The SMILES string of the molecule is Nc1cnc2cc(-c3cn[nH]c3N)ccc2n1. The molecule has 2 heterocycles. The number of hydrogen-bond donors (Lipinski definition) is 3. The van der Waals surface area contributed by atoms with Gasteiger partial charge in [0.25, 0.3) is 0 Å². The van der Waals surface area contributed by atoms with Crippen molar-refractivity contribution in [3.63, 3.8) is 0 Å². The van der Waals surface area contributed by atoms with E-state index in [0.29, 0.717) is 11.6 Å². The first-order chi connectivity index (χ1) is 8.24. The highest BCUT2D eigenvalue weighted by molar-refractivity contribution is 5.84. The van der Waals surface area contributed by atoms with Gasteiger partial charge < -0.3 is 11.5 Å². The zero-order chi connectivity index (χ0) is 11.8. The Kier molecular flexibility index (Phi) is 1.94. The Morgan fingerprint density at radius 3 is 2.71 bits per heavy atom. The fraction of sp³-hybridized carbons (Fsp3) is 0. The van der Waals surface area contributed by atoms with E-state index >= 15 is 0 Å². The molecule has 0 spiro atoms. The molecule has 0 aliphatic carbocycles. The number of aromatic amines is 1. The molecule has 6 heteroatoms. The molecule has 0 saturated heterocycles. The van der Waals surface area contributed by atoms with Crippen LogP contribution >= 0.6 is 0 Å². The van der Waals surface area contributed by atoms with Crippen LogP contribution in [-0.2, 0) is 0 Å². The average Bonchev–Trinajstić information content (AvgIpc) is 2.75. The molecule has 84 valence electrons. The lowest BCUT2D eigenvalue weighted by Gasteiger charge is -2.02. The van der Waals surface area contributed by atoms with Gasteiger partial charge in [0.05, 0.1) is 23.4 Å². The summed E-state index contributed by atoms with van der Waals surface area (Å²) in [5.41, 5.74) is 14.7. The van der Waals surface area contributed by atoms with Crippen molar-refractivity contribution in [1.82, 2.24) is 20.2 Å². The van der Waals surface area contributed by atoms with E-state index in [1.807, 2.05) is 18.2 Å². The lowest BCUT2D eigenvalue weighted by atomic mass is 10.1. The van der Waals surface area contributed by atoms with Gasteiger partial charge in [0.15, 0.2) is 0 Å². The molecule has 0 fully saturated rings. The maximum absolute atomic E-state index is 5.77. The molecule has 0 radical (unpaired) electrons. The van der Waals surface area contributed by atoms with Crippen LogP contribution in [-0.4, -0.2) is 20.2 Å². The second-order valence-electron chi connectivity index (χ2n) is 3.70. The maximum Gasteiger partial charge on any atom is 0.142 e. The number of rotatable bonds is 1. The smallest absolute Gasteiger partial charge is 0.142 e. The van der Waals surface area contributed by atoms with Crippen molar-refractivity contribution < 1.29 is 0 Å². The highest BCUT2D eigenvalue weighted by Crippen LogP contribution is 2.25. The van der Waals surface area contributed by atoms with Gasteiger partial charge in [0, 0.05) is 5.56 Å². The van der Waals surface area contributed by atoms with E-state index in [4.69, 9.17) is 11.5 Å². The van der Waals surface area contributed by atoms with E-state index in [2.05, 4.69) is 20.2 Å². The third-order valence-electron chi connectivity index (χ3n) is 2.54. The monoisotopic (exact) mass is 226 g/mol. The minimum atomic E-state index is 0.410. The summed E-state index contributed by atoms with van der Waals surface area (Å²) < 4.78 is 0. The normalized spacial score (nSPS) is 10.8. The molecule has 0 unspecified atom stereocenters. The molecule has 6 nitrogen and oxygen atoms in total. The summed E-state index contributed by atoms with van der Waals surface area (Å²) >= 11 is 0. The molecular formula is C11H10N6. The van der Waals surface area contributed by atoms with Gasteiger partial charge in [0.2, 0.25) is 0 Å². The Labute approximate surface area is 96.7 Å². The van der Waals surface area contributed by atoms with Crippen molar-refractivity contribution in [3.05, 3.63) is 30.6 Å². The largest absolute Gasteiger partial charge is 0.384 e. The van der Waals surface area contributed by atoms with Crippen LogP contribution in [0.25, 0.3) is 22.2 Å². The van der Waals surface area contributed by atoms with E-state index in [-0.39, 0.29) is 0 Å². The molecule has 5 N–H and O–H groups in total. The number of nitrogen functional groups attached to an aromatic ring is 2. The van der Waals surface area contributed by atoms with Gasteiger partial charge >= 0.3 is 0 Å². The van der Waals surface area contributed by atoms with Crippen molar-refractivity contribution in [1.29, 1.82) is 0 Å². The molecule has 0 amide bonds. The molecular weight excluding hydrogens is 216 g/mol. The molecule has 0 aliphatic heterocycles. The minimum Gasteiger partial charge on any atom is -0.384 e. The first kappa shape index (κ1) is 9.59. The van der Waals surface area contributed by atoms with Crippen LogP contribution in [0.1, 0.15) is 0 Å². The number of nitrogens with two attached hydrogens (primary N) is 2. The van der Waals surface area contributed by atoms with Crippen molar-refractivity contribution >= 4 is 22.7 Å². The molecule has 0 atom stereocenters. The lowest BCUT2D eigenvalue weighted by Crippen LogP contribution is -1.93. The van der Waals surface area contributed by atoms with Crippen molar-refractivity contribution in [2.75, 3.05) is 11.5 Å². The first-order valence-electron chi connectivity index (χ1n) is 5.05. The summed E-state index contributed by atoms with van der Waals surface area (Å²) in [6.07, 6.45) is 3.21. The summed E-state index contributed by atoms with van der Waals surface area (Å²) in [5, 5.41) is 6.58. The van der Waals surface area contributed by atoms with Crippen LogP contribution in [0.3, 0.4) is 0 Å². The van der Waals surface area contributed by atoms with E-state index < -0.39 is 0 Å². The Hall–Kier alpha value is -2.63. The lowest BCUT2D eigenvalue weighted by molar-refractivity contribution is 1.10. The topological polar surface area (TPSA) is 106 Å². The fourth-order valence-electron chi connectivity index (χ4n) is 1.72. The van der Waals surface area contributed by atoms with Crippen molar-refractivity contribution in [2.45, 2.75) is 0 Å². The van der Waals surface area contributed by atoms with Crippen LogP contribution < -0.4 is 11.5 Å². The number of benzene rings is 1. The van der Waals surface area contributed by atoms with E-state index in [0.717, 1.165) is 22.2 Å². The maximum atomic E-state index is 5.77. The van der Waals surface area contributed by atoms with Crippen LogP contribution in [0.4, 0.5) is 11.6 Å². The van der Waals surface area contributed by atoms with Gasteiger partial charge in [-0.2, -0.15) is 5.10 Å². The van der Waals surface area contributed by atoms with Crippen molar-refractivity contribution in [2.24, 2.45) is 0 Å². The molecule has 17 heavy (non-hydrogen) atoms. The van der Waals surface area contributed by atoms with Crippen LogP contribution in [0.5, 0.6) is 0 Å². The summed E-state index contributed by atoms with van der Waals surface area (Å²) in [5.74, 6) is 0.945. The number of hydrogen-bond acceptors (Lipinski definition) is 5. The van der Waals surface area contributed by atoms with E-state index in [1.165, 1.54) is 6.20 Å². The molecule has 0 saturated carbocycles. The number of H-pyrrole nitrogens is 1. The van der Waals surface area contributed by atoms with Gasteiger partial charge in [-0.3, -0.25) is 10.1 Å². The highest BCUT2D eigenvalue weighted by atomic mass is 15.1. The zero-order valence-electron chi connectivity index (χ0n) is 8.88. The van der Waals surface area contributed by atoms with Crippen LogP contribution in [0.2, 0.25) is 0 Å². The predicted octanol–water partition coefficient (Wildman–Crippen LogP) is 1.18. The average molecular weight is 226 g/mol. The minimum absolute atomic E-state index is 0.410. The number of fused-ring (bicyclic) bond motifs is 1. The Balaban J connectivity index is 2.20. The van der Waals surface area contributed by atoms with Gasteiger partial charge in [-0.05, 0) is 17.7 Å². The standard InChI is InChI=1S/C11H10N6/c12-10-5-14-9-3-6(1-2-8(9)16-10)7-4-15-17-11(7)13/h1-5H,(H2,12,16)(H3,13,15,17). The second kappa shape index (κ2) is 3.44.